The van der Waals surface area contributed by atoms with Crippen LogP contribution in [0.1, 0.15) is 16.1 Å². The molecule has 0 atom stereocenters. The third-order valence-corrected chi connectivity index (χ3v) is 2.37. The Kier molecular flexibility index (Phi) is 3.60. The van der Waals surface area contributed by atoms with Crippen LogP contribution in [0.3, 0.4) is 0 Å². The largest absolute Gasteiger partial charge is 0.360 e. The number of rotatable bonds is 4. The number of carbonyl (C=O) groups excluding carboxylic acids is 2. The lowest BCUT2D eigenvalue weighted by Gasteiger charge is -2.14. The molecule has 0 fully saturated rings. The number of H-pyrrole nitrogens is 1. The summed E-state index contributed by atoms with van der Waals surface area (Å²) in [4.78, 5) is 24.8. The minimum Gasteiger partial charge on any atom is -0.360 e. The number of amides is 2. The highest BCUT2D eigenvalue weighted by Gasteiger charge is 2.16. The number of aromatic nitrogens is 3. The number of anilines is 1. The molecule has 2 aromatic rings. The van der Waals surface area contributed by atoms with Gasteiger partial charge in [0.05, 0.1) is 18.3 Å². The van der Waals surface area contributed by atoms with Crippen LogP contribution in [0.2, 0.25) is 0 Å². The average Bonchev–Trinajstić information content (AvgIpc) is 2.99. The zero-order chi connectivity index (χ0) is 13.8. The minimum atomic E-state index is -0.354. The van der Waals surface area contributed by atoms with E-state index in [1.165, 1.54) is 24.3 Å². The van der Waals surface area contributed by atoms with Crippen LogP contribution in [-0.4, -0.2) is 45.7 Å². The molecule has 0 saturated carbocycles. The molecule has 8 heteroatoms. The molecule has 19 heavy (non-hydrogen) atoms. The maximum Gasteiger partial charge on any atom is 0.257 e. The van der Waals surface area contributed by atoms with E-state index >= 15 is 0 Å². The Bertz CT molecular complexity index is 575. The number of hydrogen-bond donors (Lipinski definition) is 2. The molecule has 2 aromatic heterocycles. The van der Waals surface area contributed by atoms with Crippen molar-refractivity contribution in [2.75, 3.05) is 18.9 Å². The summed E-state index contributed by atoms with van der Waals surface area (Å²) in [6, 6.07) is 1.59. The Morgan fingerprint density at radius 1 is 1.53 bits per heavy atom. The van der Waals surface area contributed by atoms with Crippen LogP contribution in [0.5, 0.6) is 0 Å². The summed E-state index contributed by atoms with van der Waals surface area (Å²) in [6.07, 6.45) is 2.87. The summed E-state index contributed by atoms with van der Waals surface area (Å²) >= 11 is 0. The van der Waals surface area contributed by atoms with Crippen molar-refractivity contribution in [3.8, 4) is 0 Å². The van der Waals surface area contributed by atoms with Crippen LogP contribution in [-0.2, 0) is 4.79 Å². The first-order chi connectivity index (χ1) is 9.06. The van der Waals surface area contributed by atoms with Crippen molar-refractivity contribution >= 4 is 17.6 Å². The van der Waals surface area contributed by atoms with E-state index in [0.717, 1.165) is 0 Å². The summed E-state index contributed by atoms with van der Waals surface area (Å²) in [5.74, 6) is 0.276. The first kappa shape index (κ1) is 12.8. The molecule has 2 N–H and O–H groups in total. The fraction of sp³-hybridized carbons (Fsp3) is 0.273. The molecule has 0 bridgehead atoms. The second-order valence-electron chi connectivity index (χ2n) is 4.02. The number of aryl methyl sites for hydroxylation is 1. The maximum atomic E-state index is 11.8. The molecular weight excluding hydrogens is 250 g/mol. The lowest BCUT2D eigenvalue weighted by atomic mass is 10.3. The van der Waals surface area contributed by atoms with Crippen LogP contribution < -0.4 is 5.32 Å². The van der Waals surface area contributed by atoms with Gasteiger partial charge in [-0.3, -0.25) is 14.7 Å². The molecule has 0 radical (unpaired) electrons. The predicted octanol–water partition coefficient (Wildman–Crippen LogP) is 0.417. The Balaban J connectivity index is 1.90. The van der Waals surface area contributed by atoms with Crippen molar-refractivity contribution in [1.29, 1.82) is 0 Å². The molecule has 0 aromatic carbocycles. The van der Waals surface area contributed by atoms with Crippen LogP contribution in [0.4, 0.5) is 5.82 Å². The van der Waals surface area contributed by atoms with Gasteiger partial charge in [0.25, 0.3) is 5.91 Å². The van der Waals surface area contributed by atoms with Gasteiger partial charge in [-0.1, -0.05) is 5.16 Å². The standard InChI is InChI=1S/C11H13N5O3/c1-7-3-9(15-19-7)14-10(17)6-16(2)11(18)8-4-12-13-5-8/h3-5H,6H2,1-2H3,(H,12,13)(H,14,15,17). The Labute approximate surface area is 108 Å². The smallest absolute Gasteiger partial charge is 0.257 e. The molecule has 100 valence electrons. The molecule has 0 aliphatic heterocycles. The Morgan fingerprint density at radius 3 is 2.89 bits per heavy atom. The van der Waals surface area contributed by atoms with Gasteiger partial charge in [-0.05, 0) is 6.92 Å². The van der Waals surface area contributed by atoms with Crippen molar-refractivity contribution in [1.82, 2.24) is 20.3 Å². The summed E-state index contributed by atoms with van der Waals surface area (Å²) in [7, 11) is 1.53. The van der Waals surface area contributed by atoms with E-state index in [1.807, 2.05) is 0 Å². The van der Waals surface area contributed by atoms with Gasteiger partial charge in [-0.25, -0.2) is 0 Å². The molecule has 0 saturated heterocycles. The Morgan fingerprint density at radius 2 is 2.32 bits per heavy atom. The summed E-state index contributed by atoms with van der Waals surface area (Å²) < 4.78 is 4.82. The summed E-state index contributed by atoms with van der Waals surface area (Å²) in [6.45, 7) is 1.63. The summed E-state index contributed by atoms with van der Waals surface area (Å²) in [5, 5.41) is 12.4. The van der Waals surface area contributed by atoms with Gasteiger partial charge in [0.15, 0.2) is 5.82 Å². The first-order valence-corrected chi connectivity index (χ1v) is 5.53. The van der Waals surface area contributed by atoms with E-state index in [1.54, 1.807) is 13.0 Å². The quantitative estimate of drug-likeness (QED) is 0.831. The SMILES string of the molecule is Cc1cc(NC(=O)CN(C)C(=O)c2cn[nH]c2)no1. The van der Waals surface area contributed by atoms with E-state index in [9.17, 15) is 9.59 Å². The molecule has 0 spiro atoms. The van der Waals surface area contributed by atoms with Gasteiger partial charge in [0.1, 0.15) is 5.76 Å². The van der Waals surface area contributed by atoms with Crippen LogP contribution >= 0.6 is 0 Å². The second kappa shape index (κ2) is 5.34. The fourth-order valence-electron chi connectivity index (χ4n) is 1.48. The average molecular weight is 263 g/mol. The van der Waals surface area contributed by atoms with Crippen molar-refractivity contribution < 1.29 is 14.1 Å². The number of hydrogen-bond acceptors (Lipinski definition) is 5. The van der Waals surface area contributed by atoms with Crippen LogP contribution in [0, 0.1) is 6.92 Å². The van der Waals surface area contributed by atoms with Crippen molar-refractivity contribution in [2.45, 2.75) is 6.92 Å². The zero-order valence-electron chi connectivity index (χ0n) is 10.5. The number of carbonyl (C=O) groups is 2. The molecule has 8 nitrogen and oxygen atoms in total. The van der Waals surface area contributed by atoms with E-state index in [0.29, 0.717) is 17.1 Å². The van der Waals surface area contributed by atoms with Crippen molar-refractivity contribution in [3.05, 3.63) is 29.8 Å². The Hall–Kier alpha value is -2.64. The molecule has 0 aliphatic carbocycles. The number of nitrogens with one attached hydrogen (secondary N) is 2. The highest BCUT2D eigenvalue weighted by molar-refractivity contribution is 5.98. The molecule has 0 unspecified atom stereocenters. The molecule has 0 aliphatic rings. The first-order valence-electron chi connectivity index (χ1n) is 5.53. The molecule has 2 amide bonds. The van der Waals surface area contributed by atoms with Crippen LogP contribution in [0.15, 0.2) is 23.0 Å². The lowest BCUT2D eigenvalue weighted by molar-refractivity contribution is -0.116. The number of aromatic amines is 1. The maximum absolute atomic E-state index is 11.8. The van der Waals surface area contributed by atoms with Gasteiger partial charge in [-0.15, -0.1) is 0 Å². The molecule has 2 rings (SSSR count). The van der Waals surface area contributed by atoms with Gasteiger partial charge in [0.2, 0.25) is 5.91 Å². The monoisotopic (exact) mass is 263 g/mol. The van der Waals surface area contributed by atoms with E-state index in [4.69, 9.17) is 4.52 Å². The van der Waals surface area contributed by atoms with E-state index in [-0.39, 0.29) is 18.4 Å². The van der Waals surface area contributed by atoms with Gasteiger partial charge in [0, 0.05) is 19.3 Å². The van der Waals surface area contributed by atoms with Crippen molar-refractivity contribution in [2.24, 2.45) is 0 Å². The fourth-order valence-corrected chi connectivity index (χ4v) is 1.48. The minimum absolute atomic E-state index is 0.0874. The second-order valence-corrected chi connectivity index (χ2v) is 4.02. The van der Waals surface area contributed by atoms with Gasteiger partial charge < -0.3 is 14.7 Å². The van der Waals surface area contributed by atoms with Crippen molar-refractivity contribution in [3.63, 3.8) is 0 Å². The highest BCUT2D eigenvalue weighted by Crippen LogP contribution is 2.07. The normalized spacial score (nSPS) is 10.2. The summed E-state index contributed by atoms with van der Waals surface area (Å²) in [5.41, 5.74) is 0.396. The number of nitrogens with zero attached hydrogens (tertiary/aromatic N) is 3. The van der Waals surface area contributed by atoms with Gasteiger partial charge in [-0.2, -0.15) is 5.10 Å². The number of likely N-dealkylation sites (N-methyl/N-ethyl adjacent to an activating group) is 1. The topological polar surface area (TPSA) is 104 Å². The highest BCUT2D eigenvalue weighted by atomic mass is 16.5. The van der Waals surface area contributed by atoms with E-state index < -0.39 is 0 Å². The van der Waals surface area contributed by atoms with Gasteiger partial charge >= 0.3 is 0 Å². The molecular formula is C11H13N5O3. The lowest BCUT2D eigenvalue weighted by Crippen LogP contribution is -2.34. The zero-order valence-corrected chi connectivity index (χ0v) is 10.5. The third-order valence-electron chi connectivity index (χ3n) is 2.37. The third kappa shape index (κ3) is 3.18. The van der Waals surface area contributed by atoms with E-state index in [2.05, 4.69) is 20.7 Å². The van der Waals surface area contributed by atoms with Crippen LogP contribution in [0.25, 0.3) is 0 Å². The molecule has 2 heterocycles. The predicted molar refractivity (Wildman–Crippen MR) is 65.4 cm³/mol.